The number of para-hydroxylation sites is 1. The molecule has 168 valence electrons. The molecule has 2 unspecified atom stereocenters. The van der Waals surface area contributed by atoms with Crippen molar-refractivity contribution in [3.63, 3.8) is 0 Å². The van der Waals surface area contributed by atoms with Crippen molar-refractivity contribution >= 4 is 33.8 Å². The lowest BCUT2D eigenvalue weighted by molar-refractivity contribution is 0.210. The maximum absolute atomic E-state index is 11.1. The molecule has 1 aromatic carbocycles. The lowest BCUT2D eigenvalue weighted by Crippen LogP contribution is -2.06. The highest BCUT2D eigenvalue weighted by Crippen LogP contribution is 2.39. The number of benzene rings is 1. The largest absolute Gasteiger partial charge is 0.490 e. The summed E-state index contributed by atoms with van der Waals surface area (Å²) in [6.45, 7) is 2.60. The number of hydrogen-bond acceptors (Lipinski definition) is 5. The van der Waals surface area contributed by atoms with Gasteiger partial charge in [-0.05, 0) is 37.3 Å². The van der Waals surface area contributed by atoms with Crippen LogP contribution in [0.4, 0.5) is 0 Å². The Labute approximate surface area is 195 Å². The minimum Gasteiger partial charge on any atom is -0.490 e. The van der Waals surface area contributed by atoms with Crippen LogP contribution in [0.3, 0.4) is 0 Å². The van der Waals surface area contributed by atoms with E-state index in [0.29, 0.717) is 34.2 Å². The third-order valence-corrected chi connectivity index (χ3v) is 5.75. The van der Waals surface area contributed by atoms with Crippen LogP contribution < -0.4 is 9.47 Å². The molecular formula is C24H26ClN2O4S+. The summed E-state index contributed by atoms with van der Waals surface area (Å²) in [5, 5.41) is 12.0. The Balaban J connectivity index is 1.82. The van der Waals surface area contributed by atoms with E-state index in [2.05, 4.69) is 9.97 Å². The van der Waals surface area contributed by atoms with Gasteiger partial charge in [0.15, 0.2) is 27.6 Å². The highest BCUT2D eigenvalue weighted by Gasteiger charge is 2.22. The number of pyridine rings is 1. The van der Waals surface area contributed by atoms with Gasteiger partial charge in [-0.1, -0.05) is 29.8 Å². The maximum atomic E-state index is 11.1. The van der Waals surface area contributed by atoms with Crippen molar-refractivity contribution in [3.05, 3.63) is 88.6 Å². The predicted molar refractivity (Wildman–Crippen MR) is 131 cm³/mol. The summed E-state index contributed by atoms with van der Waals surface area (Å²) in [4.78, 5) is 8.09. The molecular weight excluding hydrogens is 448 g/mol. The topological polar surface area (TPSA) is 87.6 Å². The predicted octanol–water partition coefficient (Wildman–Crippen LogP) is 5.34. The molecule has 0 saturated carbocycles. The number of aliphatic hydroxyl groups excluding tert-OH is 1. The van der Waals surface area contributed by atoms with E-state index >= 15 is 0 Å². The van der Waals surface area contributed by atoms with Crippen molar-refractivity contribution in [2.45, 2.75) is 13.0 Å². The SMILES string of the molecule is CCOc1c(OC/C=C/C=C(\C=C\Cl)[S+](C)O)cccc1C(O)c1c[nH]c2ncccc12. The average molecular weight is 474 g/mol. The number of aromatic nitrogens is 2. The molecule has 0 fully saturated rings. The first-order valence-electron chi connectivity index (χ1n) is 10.0. The zero-order valence-corrected chi connectivity index (χ0v) is 19.4. The first-order valence-corrected chi connectivity index (χ1v) is 12.1. The van der Waals surface area contributed by atoms with E-state index in [1.807, 2.05) is 37.3 Å². The standard InChI is InChI=1S/C24H26ClN2O4S/c1-3-30-23-19(22(28)20-16-27-24-18(20)10-7-14-26-24)9-6-11-21(23)31-15-5-4-8-17(12-13-25)32(2)29/h4-14,16,22,28-29H,3,15H2,1-2H3,(H,26,27)/q+1/b5-4+,13-12+,17-8+. The second-order valence-electron chi connectivity index (χ2n) is 6.73. The summed E-state index contributed by atoms with van der Waals surface area (Å²) in [5.41, 5.74) is 3.41. The van der Waals surface area contributed by atoms with Gasteiger partial charge in [0, 0.05) is 40.5 Å². The van der Waals surface area contributed by atoms with E-state index in [-0.39, 0.29) is 6.61 Å². The first kappa shape index (κ1) is 23.9. The minimum absolute atomic E-state index is 0.286. The van der Waals surface area contributed by atoms with Crippen LogP contribution in [0, 0.1) is 0 Å². The zero-order valence-electron chi connectivity index (χ0n) is 17.9. The van der Waals surface area contributed by atoms with E-state index in [1.54, 1.807) is 42.9 Å². The Morgan fingerprint density at radius 1 is 1.25 bits per heavy atom. The van der Waals surface area contributed by atoms with Crippen LogP contribution in [0.2, 0.25) is 0 Å². The normalized spacial score (nSPS) is 14.3. The number of hydrogen-bond donors (Lipinski definition) is 3. The summed E-state index contributed by atoms with van der Waals surface area (Å²) in [6.07, 6.45) is 11.3. The number of allylic oxidation sites excluding steroid dienone is 3. The summed E-state index contributed by atoms with van der Waals surface area (Å²) in [5.74, 6) is 1.04. The van der Waals surface area contributed by atoms with Gasteiger partial charge in [-0.3, -0.25) is 0 Å². The summed E-state index contributed by atoms with van der Waals surface area (Å²) >= 11 is 4.71. The highest BCUT2D eigenvalue weighted by molar-refractivity contribution is 7.94. The fraction of sp³-hybridized carbons (Fsp3) is 0.208. The highest BCUT2D eigenvalue weighted by atomic mass is 35.5. The van der Waals surface area contributed by atoms with Crippen LogP contribution in [-0.2, 0) is 11.2 Å². The molecule has 0 saturated heterocycles. The summed E-state index contributed by atoms with van der Waals surface area (Å²) in [7, 11) is 0. The van der Waals surface area contributed by atoms with Gasteiger partial charge in [0.05, 0.1) is 6.61 Å². The minimum atomic E-state index is -0.909. The molecule has 0 aliphatic heterocycles. The average Bonchev–Trinajstić information content (AvgIpc) is 3.22. The van der Waals surface area contributed by atoms with Crippen LogP contribution in [0.15, 0.2) is 77.5 Å². The van der Waals surface area contributed by atoms with Crippen LogP contribution in [0.5, 0.6) is 11.5 Å². The van der Waals surface area contributed by atoms with Crippen molar-refractivity contribution in [1.29, 1.82) is 0 Å². The number of fused-ring (bicyclic) bond motifs is 1. The van der Waals surface area contributed by atoms with Crippen molar-refractivity contribution in [1.82, 2.24) is 9.97 Å². The first-order chi connectivity index (χ1) is 15.6. The molecule has 3 rings (SSSR count). The van der Waals surface area contributed by atoms with Crippen molar-refractivity contribution in [2.24, 2.45) is 0 Å². The number of aromatic amines is 1. The molecule has 0 aliphatic rings. The van der Waals surface area contributed by atoms with Gasteiger partial charge < -0.3 is 19.6 Å². The molecule has 6 nitrogen and oxygen atoms in total. The van der Waals surface area contributed by atoms with Crippen molar-refractivity contribution < 1.29 is 19.1 Å². The molecule has 8 heteroatoms. The molecule has 2 heterocycles. The van der Waals surface area contributed by atoms with Crippen LogP contribution in [0.25, 0.3) is 11.0 Å². The number of aliphatic hydroxyl groups is 1. The van der Waals surface area contributed by atoms with E-state index in [4.69, 9.17) is 21.1 Å². The van der Waals surface area contributed by atoms with Gasteiger partial charge in [0.25, 0.3) is 0 Å². The number of H-pyrrole nitrogens is 1. The molecule has 3 aromatic rings. The van der Waals surface area contributed by atoms with Crippen molar-refractivity contribution in [3.8, 4) is 11.5 Å². The van der Waals surface area contributed by atoms with E-state index < -0.39 is 17.3 Å². The molecule has 0 radical (unpaired) electrons. The molecule has 0 aliphatic carbocycles. The van der Waals surface area contributed by atoms with Gasteiger partial charge in [-0.15, -0.1) is 0 Å². The molecule has 3 N–H and O–H groups in total. The Bertz CT molecular complexity index is 1120. The Kier molecular flexibility index (Phi) is 8.81. The smallest absolute Gasteiger partial charge is 0.190 e. The third kappa shape index (κ3) is 5.75. The zero-order chi connectivity index (χ0) is 22.9. The summed E-state index contributed by atoms with van der Waals surface area (Å²) in [6, 6.07) is 9.20. The Hall–Kier alpha value is -2.71. The number of halogens is 1. The lowest BCUT2D eigenvalue weighted by Gasteiger charge is -2.18. The molecule has 0 bridgehead atoms. The number of rotatable bonds is 10. The molecule has 2 atom stereocenters. The maximum Gasteiger partial charge on any atom is 0.190 e. The van der Waals surface area contributed by atoms with Crippen LogP contribution in [-0.4, -0.2) is 39.1 Å². The number of ether oxygens (including phenoxy) is 2. The number of nitrogens with one attached hydrogen (secondary N) is 1. The Morgan fingerprint density at radius 3 is 2.84 bits per heavy atom. The summed E-state index contributed by atoms with van der Waals surface area (Å²) < 4.78 is 21.5. The van der Waals surface area contributed by atoms with E-state index in [9.17, 15) is 9.66 Å². The molecule has 32 heavy (non-hydrogen) atoms. The third-order valence-electron chi connectivity index (χ3n) is 4.67. The Morgan fingerprint density at radius 2 is 2.09 bits per heavy atom. The van der Waals surface area contributed by atoms with Gasteiger partial charge >= 0.3 is 0 Å². The van der Waals surface area contributed by atoms with Gasteiger partial charge in [0.2, 0.25) is 0 Å². The molecule has 2 aromatic heterocycles. The van der Waals surface area contributed by atoms with E-state index in [0.717, 1.165) is 10.9 Å². The molecule has 0 amide bonds. The second-order valence-corrected chi connectivity index (χ2v) is 8.41. The fourth-order valence-electron chi connectivity index (χ4n) is 3.20. The fourth-order valence-corrected chi connectivity index (χ4v) is 3.95. The van der Waals surface area contributed by atoms with Gasteiger partial charge in [-0.25, -0.2) is 4.98 Å². The second kappa shape index (κ2) is 11.8. The quantitative estimate of drug-likeness (QED) is 0.273. The van der Waals surface area contributed by atoms with Crippen LogP contribution in [0.1, 0.15) is 24.2 Å². The monoisotopic (exact) mass is 473 g/mol. The van der Waals surface area contributed by atoms with Crippen molar-refractivity contribution in [2.75, 3.05) is 19.5 Å². The lowest BCUT2D eigenvalue weighted by atomic mass is 10.0. The van der Waals surface area contributed by atoms with Crippen LogP contribution >= 0.6 is 11.6 Å². The van der Waals surface area contributed by atoms with Gasteiger partial charge in [0.1, 0.15) is 24.6 Å². The molecule has 0 spiro atoms. The van der Waals surface area contributed by atoms with E-state index in [1.165, 1.54) is 5.54 Å². The van der Waals surface area contributed by atoms with Gasteiger partial charge in [-0.2, -0.15) is 4.55 Å². The number of nitrogens with zero attached hydrogens (tertiary/aromatic N) is 1.